The summed E-state index contributed by atoms with van der Waals surface area (Å²) in [7, 11) is 1.69. The van der Waals surface area contributed by atoms with Crippen LogP contribution < -0.4 is 10.2 Å². The van der Waals surface area contributed by atoms with Gasteiger partial charge in [0.05, 0.1) is 24.9 Å². The van der Waals surface area contributed by atoms with E-state index in [9.17, 15) is 0 Å². The summed E-state index contributed by atoms with van der Waals surface area (Å²) in [6, 6.07) is 22.2. The summed E-state index contributed by atoms with van der Waals surface area (Å²) in [6.07, 6.45) is 0. The number of halogens is 1. The van der Waals surface area contributed by atoms with Crippen molar-refractivity contribution in [2.75, 3.05) is 12.5 Å². The van der Waals surface area contributed by atoms with E-state index >= 15 is 0 Å². The first-order chi connectivity index (χ1) is 14.7. The molecule has 0 aliphatic carbocycles. The Kier molecular flexibility index (Phi) is 3.73. The lowest BCUT2D eigenvalue weighted by atomic mass is 10.0. The summed E-state index contributed by atoms with van der Waals surface area (Å²) < 4.78 is 7.68. The highest BCUT2D eigenvalue weighted by molar-refractivity contribution is 6.30. The molecule has 0 fully saturated rings. The Labute approximate surface area is 177 Å². The molecule has 0 amide bonds. The van der Waals surface area contributed by atoms with Gasteiger partial charge in [0, 0.05) is 21.4 Å². The molecule has 1 N–H and O–H groups in total. The van der Waals surface area contributed by atoms with Gasteiger partial charge in [-0.05, 0) is 41.3 Å². The largest absolute Gasteiger partial charge is 0.497 e. The van der Waals surface area contributed by atoms with Gasteiger partial charge in [0.25, 0.3) is 0 Å². The van der Waals surface area contributed by atoms with Gasteiger partial charge in [-0.3, -0.25) is 5.43 Å². The lowest BCUT2D eigenvalue weighted by Gasteiger charge is -2.25. The smallest absolute Gasteiger partial charge is 0.143 e. The molecule has 3 aliphatic rings. The van der Waals surface area contributed by atoms with Crippen molar-refractivity contribution in [3.63, 3.8) is 0 Å². The first-order valence-electron chi connectivity index (χ1n) is 9.70. The SMILES string of the molecule is COc1ccc2nc3n4c(c5ccccc5c-3c2c1)NN=C(c1ccc(Cl)cc1)C4. The average Bonchev–Trinajstić information content (AvgIpc) is 3.18. The number of ether oxygens (including phenoxy) is 1. The Morgan fingerprint density at radius 1 is 0.967 bits per heavy atom. The zero-order valence-corrected chi connectivity index (χ0v) is 16.9. The van der Waals surface area contributed by atoms with E-state index in [4.69, 9.17) is 21.3 Å². The molecule has 3 aromatic carbocycles. The van der Waals surface area contributed by atoms with Crippen molar-refractivity contribution in [2.24, 2.45) is 5.10 Å². The molecule has 0 bridgehead atoms. The van der Waals surface area contributed by atoms with Gasteiger partial charge in [-0.2, -0.15) is 5.10 Å². The quantitative estimate of drug-likeness (QED) is 0.399. The van der Waals surface area contributed by atoms with Crippen LogP contribution in [0.25, 0.3) is 33.1 Å². The number of hydrogen-bond donors (Lipinski definition) is 1. The maximum absolute atomic E-state index is 6.06. The van der Waals surface area contributed by atoms with Crippen LogP contribution in [0.4, 0.5) is 5.82 Å². The minimum Gasteiger partial charge on any atom is -0.497 e. The van der Waals surface area contributed by atoms with Crippen molar-refractivity contribution in [3.8, 4) is 17.1 Å². The maximum Gasteiger partial charge on any atom is 0.143 e. The van der Waals surface area contributed by atoms with Crippen molar-refractivity contribution in [1.29, 1.82) is 0 Å². The van der Waals surface area contributed by atoms with Crippen molar-refractivity contribution < 1.29 is 4.74 Å². The number of rotatable bonds is 2. The molecule has 3 aliphatic heterocycles. The van der Waals surface area contributed by atoms with Crippen LogP contribution in [-0.4, -0.2) is 22.4 Å². The molecule has 0 saturated heterocycles. The van der Waals surface area contributed by atoms with Gasteiger partial charge >= 0.3 is 0 Å². The molecular formula is C24H17ClN4O. The van der Waals surface area contributed by atoms with Crippen molar-refractivity contribution >= 4 is 44.8 Å². The second-order valence-electron chi connectivity index (χ2n) is 7.35. The third-order valence-corrected chi connectivity index (χ3v) is 5.93. The van der Waals surface area contributed by atoms with Crippen molar-refractivity contribution in [1.82, 2.24) is 9.55 Å². The summed E-state index contributed by atoms with van der Waals surface area (Å²) >= 11 is 6.06. The average molecular weight is 413 g/mol. The van der Waals surface area contributed by atoms with Crippen LogP contribution in [0.15, 0.2) is 71.8 Å². The summed E-state index contributed by atoms with van der Waals surface area (Å²) in [4.78, 5) is 4.99. The number of nitrogens with zero attached hydrogens (tertiary/aromatic N) is 3. The van der Waals surface area contributed by atoms with Crippen LogP contribution in [0.5, 0.6) is 5.75 Å². The van der Waals surface area contributed by atoms with E-state index in [1.807, 2.05) is 42.5 Å². The Morgan fingerprint density at radius 3 is 2.57 bits per heavy atom. The predicted octanol–water partition coefficient (Wildman–Crippen LogP) is 5.79. The molecule has 0 saturated carbocycles. The van der Waals surface area contributed by atoms with Crippen molar-refractivity contribution in [2.45, 2.75) is 6.54 Å². The van der Waals surface area contributed by atoms with Gasteiger partial charge in [-0.25, -0.2) is 4.98 Å². The van der Waals surface area contributed by atoms with Crippen LogP contribution in [0, 0.1) is 0 Å². The molecule has 0 spiro atoms. The third kappa shape index (κ3) is 2.49. The van der Waals surface area contributed by atoms with E-state index in [2.05, 4.69) is 39.4 Å². The fraction of sp³-hybridized carbons (Fsp3) is 0.0833. The molecule has 5 nitrogen and oxygen atoms in total. The highest BCUT2D eigenvalue weighted by atomic mass is 35.5. The monoisotopic (exact) mass is 412 g/mol. The normalized spacial score (nSPS) is 13.3. The van der Waals surface area contributed by atoms with E-state index < -0.39 is 0 Å². The number of anilines is 1. The van der Waals surface area contributed by atoms with Gasteiger partial charge in [-0.1, -0.05) is 48.0 Å². The Morgan fingerprint density at radius 2 is 1.77 bits per heavy atom. The molecule has 6 heteroatoms. The van der Waals surface area contributed by atoms with E-state index in [0.717, 1.165) is 55.9 Å². The maximum atomic E-state index is 6.06. The van der Waals surface area contributed by atoms with E-state index in [0.29, 0.717) is 11.6 Å². The number of pyridine rings is 1. The minimum absolute atomic E-state index is 0.617. The summed E-state index contributed by atoms with van der Waals surface area (Å²) in [5.74, 6) is 2.71. The number of hydrazone groups is 1. The summed E-state index contributed by atoms with van der Waals surface area (Å²) in [5.41, 5.74) is 7.33. The number of nitrogens with one attached hydrogen (secondary N) is 1. The van der Waals surface area contributed by atoms with Crippen molar-refractivity contribution in [3.05, 3.63) is 77.3 Å². The first kappa shape index (κ1) is 17.3. The topological polar surface area (TPSA) is 51.4 Å². The molecule has 0 atom stereocenters. The standard InChI is InChI=1S/C24H17ClN4O/c1-30-16-10-11-20-19(12-16)22-17-4-2-3-5-18(17)23-28-27-21(13-29(23)24(22)26-20)14-6-8-15(25)9-7-14/h2-12,28H,13H2,1H3. The van der Waals surface area contributed by atoms with Crippen LogP contribution in [0.3, 0.4) is 0 Å². The van der Waals surface area contributed by atoms with Gasteiger partial charge in [-0.15, -0.1) is 0 Å². The molecule has 3 aromatic rings. The molecular weight excluding hydrogens is 396 g/mol. The van der Waals surface area contributed by atoms with Gasteiger partial charge in [0.15, 0.2) is 0 Å². The van der Waals surface area contributed by atoms with E-state index in [1.54, 1.807) is 7.11 Å². The Hall–Kier alpha value is -3.57. The zero-order chi connectivity index (χ0) is 20.2. The number of methoxy groups -OCH3 is 1. The predicted molar refractivity (Wildman–Crippen MR) is 122 cm³/mol. The van der Waals surface area contributed by atoms with Crippen LogP contribution in [-0.2, 0) is 6.54 Å². The summed E-state index contributed by atoms with van der Waals surface area (Å²) in [5, 5.41) is 8.72. The molecule has 30 heavy (non-hydrogen) atoms. The molecule has 146 valence electrons. The lowest BCUT2D eigenvalue weighted by molar-refractivity contribution is 0.415. The number of benzene rings is 3. The van der Waals surface area contributed by atoms with Gasteiger partial charge in [0.2, 0.25) is 0 Å². The number of aromatic nitrogens is 2. The second kappa shape index (κ2) is 6.47. The first-order valence-corrected chi connectivity index (χ1v) is 10.1. The molecule has 0 aromatic heterocycles. The third-order valence-electron chi connectivity index (χ3n) is 5.68. The Bertz CT molecular complexity index is 1440. The number of hydrogen-bond acceptors (Lipinski definition) is 4. The second-order valence-corrected chi connectivity index (χ2v) is 7.79. The molecule has 3 heterocycles. The van der Waals surface area contributed by atoms with Crippen LogP contribution >= 0.6 is 11.6 Å². The van der Waals surface area contributed by atoms with Crippen LogP contribution in [0.2, 0.25) is 5.02 Å². The number of fused-ring (bicyclic) bond motifs is 8. The molecule has 0 unspecified atom stereocenters. The zero-order valence-electron chi connectivity index (χ0n) is 16.2. The highest BCUT2D eigenvalue weighted by Crippen LogP contribution is 2.42. The fourth-order valence-electron chi connectivity index (χ4n) is 4.23. The molecule has 0 radical (unpaired) electrons. The lowest BCUT2D eigenvalue weighted by Crippen LogP contribution is -2.23. The van der Waals surface area contributed by atoms with E-state index in [-0.39, 0.29) is 0 Å². The fourth-order valence-corrected chi connectivity index (χ4v) is 4.35. The van der Waals surface area contributed by atoms with E-state index in [1.165, 1.54) is 0 Å². The minimum atomic E-state index is 0.617. The summed E-state index contributed by atoms with van der Waals surface area (Å²) in [6.45, 7) is 0.617. The van der Waals surface area contributed by atoms with Gasteiger partial charge in [0.1, 0.15) is 17.4 Å². The highest BCUT2D eigenvalue weighted by Gasteiger charge is 2.26. The molecule has 6 rings (SSSR count). The Balaban J connectivity index is 1.63. The van der Waals surface area contributed by atoms with Gasteiger partial charge < -0.3 is 9.30 Å². The van der Waals surface area contributed by atoms with Crippen LogP contribution in [0.1, 0.15) is 5.56 Å².